The zero-order valence-electron chi connectivity index (χ0n) is 18.1. The number of ether oxygens (including phenoxy) is 1. The average Bonchev–Trinajstić information content (AvgIpc) is 2.71. The topological polar surface area (TPSA) is 75.7 Å². The van der Waals surface area contributed by atoms with E-state index >= 15 is 0 Å². The van der Waals surface area contributed by atoms with Gasteiger partial charge in [-0.3, -0.25) is 4.79 Å². The van der Waals surface area contributed by atoms with E-state index in [-0.39, 0.29) is 23.7 Å². The van der Waals surface area contributed by atoms with Crippen LogP contribution >= 0.6 is 0 Å². The summed E-state index contributed by atoms with van der Waals surface area (Å²) in [4.78, 5) is 12.3. The molecule has 0 atom stereocenters. The minimum absolute atomic E-state index is 0.0639. The van der Waals surface area contributed by atoms with Crippen molar-refractivity contribution in [1.82, 2.24) is 4.31 Å². The zero-order valence-corrected chi connectivity index (χ0v) is 18.9. The van der Waals surface area contributed by atoms with Crippen molar-refractivity contribution in [3.05, 3.63) is 59.2 Å². The van der Waals surface area contributed by atoms with Crippen LogP contribution in [0.5, 0.6) is 5.75 Å². The van der Waals surface area contributed by atoms with E-state index in [0.29, 0.717) is 30.9 Å². The van der Waals surface area contributed by atoms with Gasteiger partial charge in [-0.1, -0.05) is 39.0 Å². The summed E-state index contributed by atoms with van der Waals surface area (Å²) in [6, 6.07) is 13.4. The second-order valence-electron chi connectivity index (χ2n) is 8.58. The molecule has 0 radical (unpaired) electrons. The maximum atomic E-state index is 12.3. The second kappa shape index (κ2) is 8.78. The molecule has 0 spiro atoms. The third-order valence-electron chi connectivity index (χ3n) is 5.32. The number of anilines is 1. The molecule has 1 aliphatic heterocycles. The van der Waals surface area contributed by atoms with Crippen molar-refractivity contribution in [3.8, 4) is 5.75 Å². The number of hydrogen-bond donors (Lipinski definition) is 1. The third-order valence-corrected chi connectivity index (χ3v) is 7.14. The van der Waals surface area contributed by atoms with Crippen molar-refractivity contribution in [3.63, 3.8) is 0 Å². The van der Waals surface area contributed by atoms with Gasteiger partial charge < -0.3 is 10.1 Å². The van der Waals surface area contributed by atoms with E-state index < -0.39 is 10.0 Å². The van der Waals surface area contributed by atoms with E-state index in [1.807, 2.05) is 42.5 Å². The van der Waals surface area contributed by atoms with Gasteiger partial charge in [-0.2, -0.15) is 4.31 Å². The molecule has 0 fully saturated rings. The Hall–Kier alpha value is -2.38. The van der Waals surface area contributed by atoms with Crippen molar-refractivity contribution in [2.45, 2.75) is 46.1 Å². The predicted molar refractivity (Wildman–Crippen MR) is 119 cm³/mol. The number of carbonyl (C=O) groups excluding carboxylic acids is 1. The van der Waals surface area contributed by atoms with Crippen LogP contribution in [0.15, 0.2) is 42.5 Å². The van der Waals surface area contributed by atoms with E-state index in [0.717, 1.165) is 11.1 Å². The van der Waals surface area contributed by atoms with E-state index in [4.69, 9.17) is 4.74 Å². The molecule has 0 unspecified atom stereocenters. The number of benzene rings is 2. The molecule has 30 heavy (non-hydrogen) atoms. The molecule has 7 heteroatoms. The van der Waals surface area contributed by atoms with Crippen LogP contribution in [0.2, 0.25) is 0 Å². The Morgan fingerprint density at radius 3 is 2.43 bits per heavy atom. The number of nitrogens with zero attached hydrogens (tertiary/aromatic N) is 1. The highest BCUT2D eigenvalue weighted by Gasteiger charge is 2.25. The van der Waals surface area contributed by atoms with Crippen molar-refractivity contribution >= 4 is 21.6 Å². The monoisotopic (exact) mass is 430 g/mol. The van der Waals surface area contributed by atoms with E-state index in [2.05, 4.69) is 26.1 Å². The number of rotatable bonds is 6. The molecule has 1 heterocycles. The van der Waals surface area contributed by atoms with Crippen LogP contribution < -0.4 is 10.1 Å². The summed E-state index contributed by atoms with van der Waals surface area (Å²) in [6.45, 7) is 8.83. The Morgan fingerprint density at radius 2 is 1.80 bits per heavy atom. The molecule has 0 bridgehead atoms. The number of nitrogens with one attached hydrogen (secondary N) is 1. The largest absolute Gasteiger partial charge is 0.484 e. The Morgan fingerprint density at radius 1 is 1.10 bits per heavy atom. The van der Waals surface area contributed by atoms with Crippen molar-refractivity contribution < 1.29 is 17.9 Å². The second-order valence-corrected chi connectivity index (χ2v) is 10.8. The molecule has 162 valence electrons. The third kappa shape index (κ3) is 5.40. The van der Waals surface area contributed by atoms with Gasteiger partial charge in [-0.25, -0.2) is 8.42 Å². The smallest absolute Gasteiger partial charge is 0.262 e. The van der Waals surface area contributed by atoms with Gasteiger partial charge in [0.1, 0.15) is 5.75 Å². The number of amides is 1. The van der Waals surface area contributed by atoms with Crippen LogP contribution in [0.1, 0.15) is 44.4 Å². The van der Waals surface area contributed by atoms with E-state index in [9.17, 15) is 13.2 Å². The Balaban J connectivity index is 1.59. The molecule has 0 aromatic heterocycles. The van der Waals surface area contributed by atoms with Crippen LogP contribution in [0, 0.1) is 0 Å². The van der Waals surface area contributed by atoms with Crippen molar-refractivity contribution in [2.75, 3.05) is 24.2 Å². The van der Waals surface area contributed by atoms with Gasteiger partial charge in [-0.15, -0.1) is 0 Å². The highest BCUT2D eigenvalue weighted by atomic mass is 32.2. The summed E-state index contributed by atoms with van der Waals surface area (Å²) >= 11 is 0. The normalized spacial score (nSPS) is 14.8. The van der Waals surface area contributed by atoms with Gasteiger partial charge in [0.2, 0.25) is 10.0 Å². The van der Waals surface area contributed by atoms with Gasteiger partial charge >= 0.3 is 0 Å². The van der Waals surface area contributed by atoms with Gasteiger partial charge in [0.15, 0.2) is 6.61 Å². The molecule has 3 rings (SSSR count). The fraction of sp³-hybridized carbons (Fsp3) is 0.435. The first-order chi connectivity index (χ1) is 14.1. The lowest BCUT2D eigenvalue weighted by Crippen LogP contribution is -2.36. The van der Waals surface area contributed by atoms with Gasteiger partial charge in [0.05, 0.1) is 5.75 Å². The maximum absolute atomic E-state index is 12.3. The lowest BCUT2D eigenvalue weighted by atomic mass is 9.87. The average molecular weight is 431 g/mol. The van der Waals surface area contributed by atoms with Crippen LogP contribution in [-0.2, 0) is 33.2 Å². The predicted octanol–water partition coefficient (Wildman–Crippen LogP) is 3.71. The van der Waals surface area contributed by atoms with Crippen LogP contribution in [0.4, 0.5) is 5.69 Å². The van der Waals surface area contributed by atoms with Gasteiger partial charge in [-0.05, 0) is 59.7 Å². The Labute approximate surface area is 179 Å². The number of carbonyl (C=O) groups is 1. The number of fused-ring (bicyclic) bond motifs is 1. The minimum Gasteiger partial charge on any atom is -0.484 e. The fourth-order valence-electron chi connectivity index (χ4n) is 3.43. The van der Waals surface area contributed by atoms with Crippen LogP contribution in [0.3, 0.4) is 0 Å². The number of hydrogen-bond acceptors (Lipinski definition) is 4. The van der Waals surface area contributed by atoms with Gasteiger partial charge in [0.25, 0.3) is 5.91 Å². The molecule has 6 nitrogen and oxygen atoms in total. The molecule has 2 aromatic carbocycles. The SMILES string of the molecule is CCS(=O)(=O)N1CCc2ccc(NC(=O)COc3ccc(C(C)(C)C)cc3)cc2C1. The first-order valence-corrected chi connectivity index (χ1v) is 11.8. The molecule has 1 N–H and O–H groups in total. The lowest BCUT2D eigenvalue weighted by Gasteiger charge is -2.28. The first kappa shape index (κ1) is 22.3. The molecule has 2 aromatic rings. The summed E-state index contributed by atoms with van der Waals surface area (Å²) in [5.74, 6) is 0.472. The standard InChI is InChI=1S/C23H30N2O4S/c1-5-30(27,28)25-13-12-17-6-9-20(14-18(17)15-25)24-22(26)16-29-21-10-7-19(8-11-21)23(2,3)4/h6-11,14H,5,12-13,15-16H2,1-4H3,(H,24,26). The quantitative estimate of drug-likeness (QED) is 0.758. The van der Waals surface area contributed by atoms with E-state index in [1.165, 1.54) is 9.87 Å². The molecular formula is C23H30N2O4S. The molecule has 0 aliphatic carbocycles. The Bertz CT molecular complexity index is 1010. The molecule has 0 saturated carbocycles. The summed E-state index contributed by atoms with van der Waals surface area (Å²) in [5, 5.41) is 2.83. The van der Waals surface area contributed by atoms with Gasteiger partial charge in [0, 0.05) is 18.8 Å². The maximum Gasteiger partial charge on any atom is 0.262 e. The number of sulfonamides is 1. The Kier molecular flexibility index (Phi) is 6.53. The summed E-state index contributed by atoms with van der Waals surface area (Å²) in [7, 11) is -3.23. The molecule has 0 saturated heterocycles. The first-order valence-electron chi connectivity index (χ1n) is 10.2. The zero-order chi connectivity index (χ0) is 21.9. The summed E-state index contributed by atoms with van der Waals surface area (Å²) < 4.78 is 31.4. The van der Waals surface area contributed by atoms with Crippen molar-refractivity contribution in [2.24, 2.45) is 0 Å². The van der Waals surface area contributed by atoms with Crippen LogP contribution in [0.25, 0.3) is 0 Å². The van der Waals surface area contributed by atoms with Crippen molar-refractivity contribution in [1.29, 1.82) is 0 Å². The molecular weight excluding hydrogens is 400 g/mol. The highest BCUT2D eigenvalue weighted by molar-refractivity contribution is 7.89. The lowest BCUT2D eigenvalue weighted by molar-refractivity contribution is -0.118. The summed E-state index contributed by atoms with van der Waals surface area (Å²) in [6.07, 6.45) is 0.677. The molecule has 1 amide bonds. The minimum atomic E-state index is -3.23. The molecule has 1 aliphatic rings. The fourth-order valence-corrected chi connectivity index (χ4v) is 4.50. The highest BCUT2D eigenvalue weighted by Crippen LogP contribution is 2.25. The summed E-state index contributed by atoms with van der Waals surface area (Å²) in [5.41, 5.74) is 3.95. The van der Waals surface area contributed by atoms with E-state index in [1.54, 1.807) is 6.92 Å². The van der Waals surface area contributed by atoms with Crippen LogP contribution in [-0.4, -0.2) is 37.5 Å².